The van der Waals surface area contributed by atoms with Gasteiger partial charge in [0.2, 0.25) is 11.1 Å². The molecule has 5 nitrogen and oxygen atoms in total. The second-order valence-corrected chi connectivity index (χ2v) is 7.15. The van der Waals surface area contributed by atoms with E-state index in [9.17, 15) is 4.79 Å². The van der Waals surface area contributed by atoms with Gasteiger partial charge in [-0.25, -0.2) is 4.98 Å². The molecule has 1 aromatic heterocycles. The van der Waals surface area contributed by atoms with Crippen LogP contribution < -0.4 is 5.32 Å². The fourth-order valence-electron chi connectivity index (χ4n) is 2.17. The molecule has 0 aliphatic heterocycles. The molecule has 0 spiro atoms. The summed E-state index contributed by atoms with van der Waals surface area (Å²) in [5, 5.41) is 10.5. The van der Waals surface area contributed by atoms with Gasteiger partial charge in [-0.1, -0.05) is 23.9 Å². The zero-order chi connectivity index (χ0) is 15.7. The minimum absolute atomic E-state index is 0.0310. The van der Waals surface area contributed by atoms with E-state index in [1.54, 1.807) is 0 Å². The molecule has 1 atom stereocenters. The molecule has 6 heteroatoms. The van der Waals surface area contributed by atoms with E-state index < -0.39 is 0 Å². The number of carbonyl (C=O) groups is 1. The van der Waals surface area contributed by atoms with Gasteiger partial charge in [-0.2, -0.15) is 0 Å². The number of aromatic nitrogens is 3. The van der Waals surface area contributed by atoms with Crippen molar-refractivity contribution >= 4 is 23.4 Å². The summed E-state index contributed by atoms with van der Waals surface area (Å²) in [6, 6.07) is 6.04. The van der Waals surface area contributed by atoms with Crippen LogP contribution in [0.25, 0.3) is 0 Å². The highest BCUT2D eigenvalue weighted by atomic mass is 32.2. The molecule has 0 saturated heterocycles. The minimum Gasteiger partial charge on any atom is -0.325 e. The fraction of sp³-hybridized carbons (Fsp3) is 0.438. The Bertz CT molecular complexity index is 693. The van der Waals surface area contributed by atoms with Crippen molar-refractivity contribution in [2.45, 2.75) is 49.9 Å². The maximum atomic E-state index is 12.3. The number of aryl methyl sites for hydroxylation is 2. The van der Waals surface area contributed by atoms with Crippen LogP contribution in [-0.4, -0.2) is 26.3 Å². The lowest BCUT2D eigenvalue weighted by molar-refractivity contribution is -0.115. The van der Waals surface area contributed by atoms with Gasteiger partial charge in [-0.15, -0.1) is 5.10 Å². The Hall–Kier alpha value is -1.82. The number of hydrogen-bond donors (Lipinski definition) is 2. The first kappa shape index (κ1) is 15.1. The van der Waals surface area contributed by atoms with Crippen molar-refractivity contribution in [1.82, 2.24) is 15.2 Å². The first-order chi connectivity index (χ1) is 10.5. The summed E-state index contributed by atoms with van der Waals surface area (Å²) < 4.78 is 0. The van der Waals surface area contributed by atoms with Gasteiger partial charge < -0.3 is 5.32 Å². The van der Waals surface area contributed by atoms with E-state index in [1.165, 1.54) is 24.6 Å². The number of nitrogens with one attached hydrogen (secondary N) is 2. The Morgan fingerprint density at radius 1 is 1.41 bits per heavy atom. The molecule has 0 radical (unpaired) electrons. The number of H-pyrrole nitrogens is 1. The fourth-order valence-corrected chi connectivity index (χ4v) is 2.90. The Kier molecular flexibility index (Phi) is 4.20. The Labute approximate surface area is 134 Å². The van der Waals surface area contributed by atoms with Crippen LogP contribution in [0.15, 0.2) is 23.4 Å². The molecule has 1 aliphatic carbocycles. The normalized spacial score (nSPS) is 15.6. The number of hydrogen-bond acceptors (Lipinski definition) is 4. The molecule has 1 heterocycles. The van der Waals surface area contributed by atoms with Gasteiger partial charge in [0.15, 0.2) is 0 Å². The smallest absolute Gasteiger partial charge is 0.237 e. The molecule has 1 aromatic carbocycles. The van der Waals surface area contributed by atoms with Crippen molar-refractivity contribution in [1.29, 1.82) is 0 Å². The molecule has 1 unspecified atom stereocenters. The Morgan fingerprint density at radius 3 is 2.91 bits per heavy atom. The van der Waals surface area contributed by atoms with Gasteiger partial charge in [0, 0.05) is 11.6 Å². The van der Waals surface area contributed by atoms with E-state index in [1.807, 2.05) is 39.0 Å². The van der Waals surface area contributed by atoms with Crippen LogP contribution in [0.4, 0.5) is 5.69 Å². The molecule has 2 aromatic rings. The molecule has 1 aliphatic rings. The summed E-state index contributed by atoms with van der Waals surface area (Å²) in [4.78, 5) is 16.8. The van der Waals surface area contributed by atoms with E-state index in [-0.39, 0.29) is 11.2 Å². The predicted octanol–water partition coefficient (Wildman–Crippen LogP) is 3.42. The SMILES string of the molecule is Cc1ccc(C)c(NC(=O)C(C)Sc2n[nH]c(C3CC3)n2)c1. The van der Waals surface area contributed by atoms with Gasteiger partial charge >= 0.3 is 0 Å². The molecule has 0 bridgehead atoms. The molecular weight excluding hydrogens is 296 g/mol. The summed E-state index contributed by atoms with van der Waals surface area (Å²) in [6.07, 6.45) is 2.37. The molecule has 22 heavy (non-hydrogen) atoms. The summed E-state index contributed by atoms with van der Waals surface area (Å²) >= 11 is 1.38. The van der Waals surface area contributed by atoms with E-state index in [0.717, 1.165) is 22.6 Å². The largest absolute Gasteiger partial charge is 0.325 e. The van der Waals surface area contributed by atoms with Crippen LogP contribution in [0.1, 0.15) is 42.6 Å². The number of rotatable bonds is 5. The first-order valence-electron chi connectivity index (χ1n) is 7.50. The van der Waals surface area contributed by atoms with E-state index in [4.69, 9.17) is 0 Å². The van der Waals surface area contributed by atoms with Gasteiger partial charge in [0.05, 0.1) is 5.25 Å². The third-order valence-corrected chi connectivity index (χ3v) is 4.71. The third-order valence-electron chi connectivity index (χ3n) is 3.75. The van der Waals surface area contributed by atoms with Gasteiger partial charge in [0.25, 0.3) is 0 Å². The van der Waals surface area contributed by atoms with E-state index in [0.29, 0.717) is 11.1 Å². The summed E-state index contributed by atoms with van der Waals surface area (Å²) in [6.45, 7) is 5.88. The van der Waals surface area contributed by atoms with Gasteiger partial charge in [-0.05, 0) is 50.8 Å². The average molecular weight is 316 g/mol. The van der Waals surface area contributed by atoms with Crippen molar-refractivity contribution in [3.8, 4) is 0 Å². The molecule has 3 rings (SSSR count). The van der Waals surface area contributed by atoms with Gasteiger partial charge in [-0.3, -0.25) is 9.89 Å². The van der Waals surface area contributed by atoms with Crippen molar-refractivity contribution < 1.29 is 4.79 Å². The Balaban J connectivity index is 1.62. The van der Waals surface area contributed by atoms with Crippen LogP contribution >= 0.6 is 11.8 Å². The van der Waals surface area contributed by atoms with E-state index >= 15 is 0 Å². The maximum absolute atomic E-state index is 12.3. The average Bonchev–Trinajstić information content (AvgIpc) is 3.23. The zero-order valence-corrected chi connectivity index (χ0v) is 13.8. The highest BCUT2D eigenvalue weighted by Gasteiger charge is 2.28. The lowest BCUT2D eigenvalue weighted by Gasteiger charge is -2.12. The molecule has 1 saturated carbocycles. The second-order valence-electron chi connectivity index (χ2n) is 5.85. The van der Waals surface area contributed by atoms with Crippen LogP contribution in [0.2, 0.25) is 0 Å². The number of aromatic amines is 1. The quantitative estimate of drug-likeness (QED) is 0.829. The number of amides is 1. The zero-order valence-electron chi connectivity index (χ0n) is 13.0. The molecule has 116 valence electrons. The standard InChI is InChI=1S/C16H20N4OS/c1-9-4-5-10(2)13(8-9)17-15(21)11(3)22-16-18-14(19-20-16)12-6-7-12/h4-5,8,11-12H,6-7H2,1-3H3,(H,17,21)(H,18,19,20). The highest BCUT2D eigenvalue weighted by Crippen LogP contribution is 2.38. The highest BCUT2D eigenvalue weighted by molar-refractivity contribution is 8.00. The van der Waals surface area contributed by atoms with Crippen LogP contribution in [0, 0.1) is 13.8 Å². The maximum Gasteiger partial charge on any atom is 0.237 e. The second kappa shape index (κ2) is 6.12. The molecule has 1 fully saturated rings. The van der Waals surface area contributed by atoms with Crippen LogP contribution in [0.3, 0.4) is 0 Å². The third kappa shape index (κ3) is 3.50. The lowest BCUT2D eigenvalue weighted by atomic mass is 10.1. The monoisotopic (exact) mass is 316 g/mol. The van der Waals surface area contributed by atoms with Crippen molar-refractivity contribution in [3.05, 3.63) is 35.2 Å². The number of carbonyl (C=O) groups excluding carboxylic acids is 1. The number of nitrogens with zero attached hydrogens (tertiary/aromatic N) is 2. The minimum atomic E-state index is -0.247. The molecular formula is C16H20N4OS. The van der Waals surface area contributed by atoms with Crippen molar-refractivity contribution in [2.75, 3.05) is 5.32 Å². The van der Waals surface area contributed by atoms with Crippen LogP contribution in [-0.2, 0) is 4.79 Å². The number of thioether (sulfide) groups is 1. The summed E-state index contributed by atoms with van der Waals surface area (Å²) in [5.41, 5.74) is 3.06. The van der Waals surface area contributed by atoms with Gasteiger partial charge in [0.1, 0.15) is 5.82 Å². The number of benzene rings is 1. The molecule has 2 N–H and O–H groups in total. The lowest BCUT2D eigenvalue weighted by Crippen LogP contribution is -2.23. The Morgan fingerprint density at radius 2 is 2.18 bits per heavy atom. The van der Waals surface area contributed by atoms with E-state index in [2.05, 4.69) is 20.5 Å². The predicted molar refractivity (Wildman–Crippen MR) is 88.2 cm³/mol. The number of anilines is 1. The first-order valence-corrected chi connectivity index (χ1v) is 8.38. The van der Waals surface area contributed by atoms with Crippen LogP contribution in [0.5, 0.6) is 0 Å². The van der Waals surface area contributed by atoms with Crippen molar-refractivity contribution in [2.24, 2.45) is 0 Å². The van der Waals surface area contributed by atoms with Crippen molar-refractivity contribution in [3.63, 3.8) is 0 Å². The summed E-state index contributed by atoms with van der Waals surface area (Å²) in [7, 11) is 0. The summed E-state index contributed by atoms with van der Waals surface area (Å²) in [5.74, 6) is 1.46. The topological polar surface area (TPSA) is 70.7 Å². The molecule has 1 amide bonds.